The van der Waals surface area contributed by atoms with Crippen LogP contribution in [0.1, 0.15) is 71.6 Å². The van der Waals surface area contributed by atoms with Crippen molar-refractivity contribution in [1.82, 2.24) is 5.32 Å². The molecule has 0 aromatic rings. The Bertz CT molecular complexity index is 231. The highest BCUT2D eigenvalue weighted by Gasteiger charge is 2.42. The van der Waals surface area contributed by atoms with Crippen LogP contribution in [-0.2, 0) is 4.74 Å². The molecule has 0 bridgehead atoms. The van der Waals surface area contributed by atoms with Crippen molar-refractivity contribution >= 4 is 0 Å². The van der Waals surface area contributed by atoms with Gasteiger partial charge in [0.05, 0.1) is 5.60 Å². The van der Waals surface area contributed by atoms with Gasteiger partial charge in [-0.15, -0.1) is 0 Å². The molecule has 0 aromatic heterocycles. The smallest absolute Gasteiger partial charge is 0.0685 e. The van der Waals surface area contributed by atoms with Crippen LogP contribution in [0, 0.1) is 5.92 Å². The molecule has 0 amide bonds. The molecule has 1 saturated carbocycles. The zero-order valence-electron chi connectivity index (χ0n) is 12.3. The molecule has 2 nitrogen and oxygen atoms in total. The number of nitrogens with one attached hydrogen (secondary N) is 1. The van der Waals surface area contributed by atoms with Crippen molar-refractivity contribution in [2.45, 2.75) is 83.3 Å². The van der Waals surface area contributed by atoms with E-state index in [1.54, 1.807) is 0 Å². The fourth-order valence-corrected chi connectivity index (χ4v) is 3.72. The summed E-state index contributed by atoms with van der Waals surface area (Å²) < 4.78 is 6.02. The van der Waals surface area contributed by atoms with Crippen molar-refractivity contribution in [1.29, 1.82) is 0 Å². The van der Waals surface area contributed by atoms with E-state index in [-0.39, 0.29) is 0 Å². The summed E-state index contributed by atoms with van der Waals surface area (Å²) in [5, 5.41) is 3.64. The number of hydrogen-bond acceptors (Lipinski definition) is 2. The van der Waals surface area contributed by atoms with Gasteiger partial charge >= 0.3 is 0 Å². The average Bonchev–Trinajstić information content (AvgIpc) is 2.35. The highest BCUT2D eigenvalue weighted by molar-refractivity contribution is 4.94. The van der Waals surface area contributed by atoms with E-state index < -0.39 is 0 Å². The summed E-state index contributed by atoms with van der Waals surface area (Å²) in [6.45, 7) is 6.65. The third kappa shape index (κ3) is 3.71. The summed E-state index contributed by atoms with van der Waals surface area (Å²) in [4.78, 5) is 0. The van der Waals surface area contributed by atoms with E-state index in [9.17, 15) is 0 Å². The molecule has 2 atom stereocenters. The standard InChI is InChI=1S/C16H31NO/c1-3-6-15(17-4-2)8-7-14-9-12-18-16(13-14)10-5-11-16/h14-15,17H,3-13H2,1-2H3. The molecule has 2 unspecified atom stereocenters. The van der Waals surface area contributed by atoms with E-state index in [1.165, 1.54) is 57.8 Å². The third-order valence-electron chi connectivity index (χ3n) is 4.91. The molecule has 2 fully saturated rings. The van der Waals surface area contributed by atoms with Crippen LogP contribution in [-0.4, -0.2) is 24.8 Å². The minimum Gasteiger partial charge on any atom is -0.375 e. The second-order valence-corrected chi connectivity index (χ2v) is 6.36. The first-order chi connectivity index (χ1) is 8.78. The Balaban J connectivity index is 1.71. The van der Waals surface area contributed by atoms with Gasteiger partial charge in [0.25, 0.3) is 0 Å². The average molecular weight is 253 g/mol. The number of rotatable bonds is 7. The quantitative estimate of drug-likeness (QED) is 0.743. The van der Waals surface area contributed by atoms with Gasteiger partial charge in [0.2, 0.25) is 0 Å². The summed E-state index contributed by atoms with van der Waals surface area (Å²) in [7, 11) is 0. The summed E-state index contributed by atoms with van der Waals surface area (Å²) in [6, 6.07) is 0.750. The predicted octanol–water partition coefficient (Wildman–Crippen LogP) is 3.89. The Kier molecular flexibility index (Phi) is 5.50. The first-order valence-corrected chi connectivity index (χ1v) is 8.15. The first-order valence-electron chi connectivity index (χ1n) is 8.15. The lowest BCUT2D eigenvalue weighted by Crippen LogP contribution is -2.45. The van der Waals surface area contributed by atoms with Crippen LogP contribution in [0.3, 0.4) is 0 Å². The minimum atomic E-state index is 0.335. The minimum absolute atomic E-state index is 0.335. The van der Waals surface area contributed by atoms with Crippen LogP contribution in [0.15, 0.2) is 0 Å². The highest BCUT2D eigenvalue weighted by atomic mass is 16.5. The van der Waals surface area contributed by atoms with Gasteiger partial charge < -0.3 is 10.1 Å². The van der Waals surface area contributed by atoms with Gasteiger partial charge in [0.1, 0.15) is 0 Å². The summed E-state index contributed by atoms with van der Waals surface area (Å²) >= 11 is 0. The van der Waals surface area contributed by atoms with E-state index in [0.29, 0.717) is 5.60 Å². The maximum Gasteiger partial charge on any atom is 0.0685 e. The van der Waals surface area contributed by atoms with Crippen molar-refractivity contribution in [3.63, 3.8) is 0 Å². The van der Waals surface area contributed by atoms with Crippen LogP contribution in [0.25, 0.3) is 0 Å². The fourth-order valence-electron chi connectivity index (χ4n) is 3.72. The van der Waals surface area contributed by atoms with Crippen molar-refractivity contribution < 1.29 is 4.74 Å². The summed E-state index contributed by atoms with van der Waals surface area (Å²) in [5.41, 5.74) is 0.335. The zero-order valence-corrected chi connectivity index (χ0v) is 12.3. The largest absolute Gasteiger partial charge is 0.375 e. The molecular weight excluding hydrogens is 222 g/mol. The van der Waals surface area contributed by atoms with Gasteiger partial charge in [-0.25, -0.2) is 0 Å². The lowest BCUT2D eigenvalue weighted by atomic mass is 9.71. The normalized spacial score (nSPS) is 28.0. The predicted molar refractivity (Wildman–Crippen MR) is 76.9 cm³/mol. The molecule has 1 aliphatic carbocycles. The Morgan fingerprint density at radius 2 is 2.11 bits per heavy atom. The molecule has 2 rings (SSSR count). The SMILES string of the molecule is CCCC(CCC1CCOC2(CCC2)C1)NCC. The van der Waals surface area contributed by atoms with Gasteiger partial charge in [-0.3, -0.25) is 0 Å². The molecule has 1 spiro atoms. The molecular formula is C16H31NO. The van der Waals surface area contributed by atoms with E-state index in [2.05, 4.69) is 19.2 Å². The number of hydrogen-bond donors (Lipinski definition) is 1. The highest BCUT2D eigenvalue weighted by Crippen LogP contribution is 2.45. The first kappa shape index (κ1) is 14.3. The zero-order chi connectivity index (χ0) is 12.8. The van der Waals surface area contributed by atoms with Crippen molar-refractivity contribution in [2.24, 2.45) is 5.92 Å². The second kappa shape index (κ2) is 6.91. The van der Waals surface area contributed by atoms with Crippen LogP contribution in [0.5, 0.6) is 0 Å². The lowest BCUT2D eigenvalue weighted by Gasteiger charge is -2.47. The fraction of sp³-hybridized carbons (Fsp3) is 1.00. The Morgan fingerprint density at radius 3 is 2.72 bits per heavy atom. The van der Waals surface area contributed by atoms with E-state index in [0.717, 1.165) is 25.1 Å². The van der Waals surface area contributed by atoms with Crippen molar-refractivity contribution in [2.75, 3.05) is 13.2 Å². The summed E-state index contributed by atoms with van der Waals surface area (Å²) in [5.74, 6) is 0.928. The molecule has 0 radical (unpaired) electrons. The lowest BCUT2D eigenvalue weighted by molar-refractivity contribution is -0.144. The van der Waals surface area contributed by atoms with Crippen molar-refractivity contribution in [3.05, 3.63) is 0 Å². The summed E-state index contributed by atoms with van der Waals surface area (Å²) in [6.07, 6.45) is 12.1. The Labute approximate surface area is 113 Å². The van der Waals surface area contributed by atoms with Gasteiger partial charge in [-0.2, -0.15) is 0 Å². The molecule has 1 heterocycles. The van der Waals surface area contributed by atoms with Crippen molar-refractivity contribution in [3.8, 4) is 0 Å². The van der Waals surface area contributed by atoms with Crippen LogP contribution in [0.4, 0.5) is 0 Å². The molecule has 106 valence electrons. The molecule has 2 heteroatoms. The molecule has 1 saturated heterocycles. The van der Waals surface area contributed by atoms with Crippen LogP contribution < -0.4 is 5.32 Å². The second-order valence-electron chi connectivity index (χ2n) is 6.36. The molecule has 2 aliphatic rings. The van der Waals surface area contributed by atoms with E-state index in [4.69, 9.17) is 4.74 Å². The van der Waals surface area contributed by atoms with Crippen LogP contribution in [0.2, 0.25) is 0 Å². The molecule has 18 heavy (non-hydrogen) atoms. The van der Waals surface area contributed by atoms with E-state index in [1.807, 2.05) is 0 Å². The Morgan fingerprint density at radius 1 is 1.28 bits per heavy atom. The topological polar surface area (TPSA) is 21.3 Å². The maximum absolute atomic E-state index is 6.02. The van der Waals surface area contributed by atoms with Crippen LogP contribution >= 0.6 is 0 Å². The third-order valence-corrected chi connectivity index (χ3v) is 4.91. The van der Waals surface area contributed by atoms with Gasteiger partial charge in [0.15, 0.2) is 0 Å². The molecule has 1 aliphatic heterocycles. The number of ether oxygens (including phenoxy) is 1. The molecule has 1 N–H and O–H groups in total. The Hall–Kier alpha value is -0.0800. The maximum atomic E-state index is 6.02. The molecule has 0 aromatic carbocycles. The van der Waals surface area contributed by atoms with Gasteiger partial charge in [0, 0.05) is 12.6 Å². The van der Waals surface area contributed by atoms with Gasteiger partial charge in [-0.05, 0) is 63.8 Å². The van der Waals surface area contributed by atoms with Gasteiger partial charge in [-0.1, -0.05) is 20.3 Å². The monoisotopic (exact) mass is 253 g/mol. The van der Waals surface area contributed by atoms with E-state index >= 15 is 0 Å².